The summed E-state index contributed by atoms with van der Waals surface area (Å²) >= 11 is 1.68. The number of aryl methyl sites for hydroxylation is 2. The Balaban J connectivity index is 1.57. The van der Waals surface area contributed by atoms with Gasteiger partial charge in [0, 0.05) is 25.8 Å². The van der Waals surface area contributed by atoms with Gasteiger partial charge in [0.05, 0.1) is 12.2 Å². The first-order chi connectivity index (χ1) is 10.6. The van der Waals surface area contributed by atoms with Crippen LogP contribution in [0.3, 0.4) is 0 Å². The molecule has 6 heteroatoms. The monoisotopic (exact) mass is 318 g/mol. The number of likely N-dealkylation sites (tertiary alicyclic amines) is 1. The number of nitrogens with zero attached hydrogens (tertiary/aromatic N) is 3. The second kappa shape index (κ2) is 6.52. The number of aromatic nitrogens is 2. The molecule has 1 aliphatic heterocycles. The number of amides is 2. The lowest BCUT2D eigenvalue weighted by atomic mass is 10.1. The molecule has 2 aromatic heterocycles. The van der Waals surface area contributed by atoms with Crippen molar-refractivity contribution in [2.24, 2.45) is 0 Å². The fraction of sp³-hybridized carbons (Fsp3) is 0.500. The van der Waals surface area contributed by atoms with Crippen LogP contribution in [0.5, 0.6) is 0 Å². The summed E-state index contributed by atoms with van der Waals surface area (Å²) < 4.78 is 2.00. The van der Waals surface area contributed by atoms with E-state index in [9.17, 15) is 4.79 Å². The number of rotatable bonds is 3. The highest BCUT2D eigenvalue weighted by Crippen LogP contribution is 2.21. The summed E-state index contributed by atoms with van der Waals surface area (Å²) in [5.41, 5.74) is 3.61. The third kappa shape index (κ3) is 3.32. The first kappa shape index (κ1) is 15.1. The number of carbonyl (C=O) groups excluding carboxylic acids is 1. The lowest BCUT2D eigenvalue weighted by Gasteiger charge is -2.32. The van der Waals surface area contributed by atoms with E-state index in [0.717, 1.165) is 31.5 Å². The van der Waals surface area contributed by atoms with Crippen LogP contribution in [0.15, 0.2) is 23.2 Å². The predicted molar refractivity (Wildman–Crippen MR) is 88.1 cm³/mol. The fourth-order valence-corrected chi connectivity index (χ4v) is 3.70. The van der Waals surface area contributed by atoms with Crippen LogP contribution in [-0.4, -0.2) is 33.8 Å². The van der Waals surface area contributed by atoms with Crippen LogP contribution < -0.4 is 5.32 Å². The van der Waals surface area contributed by atoms with E-state index in [-0.39, 0.29) is 12.1 Å². The molecule has 1 aliphatic rings. The zero-order valence-electron chi connectivity index (χ0n) is 13.1. The molecule has 2 aromatic rings. The average Bonchev–Trinajstić information content (AvgIpc) is 3.13. The summed E-state index contributed by atoms with van der Waals surface area (Å²) in [6.45, 7) is 6.28. The van der Waals surface area contributed by atoms with Crippen LogP contribution in [0.2, 0.25) is 0 Å². The van der Waals surface area contributed by atoms with Crippen molar-refractivity contribution < 1.29 is 4.79 Å². The van der Waals surface area contributed by atoms with Gasteiger partial charge in [-0.05, 0) is 54.1 Å². The minimum absolute atomic E-state index is 0.0270. The highest BCUT2D eigenvalue weighted by atomic mass is 32.1. The van der Waals surface area contributed by atoms with Crippen LogP contribution >= 0.6 is 11.3 Å². The number of urea groups is 1. The van der Waals surface area contributed by atoms with Crippen molar-refractivity contribution in [1.82, 2.24) is 20.0 Å². The first-order valence-electron chi connectivity index (χ1n) is 7.68. The molecule has 1 N–H and O–H groups in total. The lowest BCUT2D eigenvalue weighted by molar-refractivity contribution is 0.163. The first-order valence-corrected chi connectivity index (χ1v) is 8.63. The quantitative estimate of drug-likeness (QED) is 0.945. The topological polar surface area (TPSA) is 50.2 Å². The molecule has 0 unspecified atom stereocenters. The zero-order chi connectivity index (χ0) is 15.5. The molecule has 22 heavy (non-hydrogen) atoms. The molecule has 0 spiro atoms. The number of piperidine rings is 1. The van der Waals surface area contributed by atoms with Gasteiger partial charge >= 0.3 is 6.03 Å². The molecule has 0 aromatic carbocycles. The van der Waals surface area contributed by atoms with Crippen LogP contribution in [0.1, 0.15) is 35.6 Å². The maximum Gasteiger partial charge on any atom is 0.317 e. The Morgan fingerprint density at radius 1 is 1.45 bits per heavy atom. The minimum Gasteiger partial charge on any atom is -0.334 e. The molecule has 118 valence electrons. The number of thiophene rings is 1. The summed E-state index contributed by atoms with van der Waals surface area (Å²) in [6.07, 6.45) is 6.03. The molecule has 3 heterocycles. The Bertz CT molecular complexity index is 648. The molecule has 3 rings (SSSR count). The van der Waals surface area contributed by atoms with Gasteiger partial charge in [-0.15, -0.1) is 0 Å². The largest absolute Gasteiger partial charge is 0.334 e. The molecule has 0 saturated carbocycles. The smallest absolute Gasteiger partial charge is 0.317 e. The van der Waals surface area contributed by atoms with Gasteiger partial charge in [-0.25, -0.2) is 4.79 Å². The predicted octanol–water partition coefficient (Wildman–Crippen LogP) is 3.11. The van der Waals surface area contributed by atoms with Crippen molar-refractivity contribution in [3.63, 3.8) is 0 Å². The Hall–Kier alpha value is -1.82. The minimum atomic E-state index is 0.0270. The normalized spacial score (nSPS) is 18.5. The van der Waals surface area contributed by atoms with Crippen molar-refractivity contribution in [3.05, 3.63) is 39.8 Å². The van der Waals surface area contributed by atoms with Crippen molar-refractivity contribution in [2.45, 2.75) is 39.3 Å². The van der Waals surface area contributed by atoms with E-state index >= 15 is 0 Å². The molecule has 1 saturated heterocycles. The van der Waals surface area contributed by atoms with Gasteiger partial charge in [0.15, 0.2) is 0 Å². The Morgan fingerprint density at radius 3 is 3.00 bits per heavy atom. The summed E-state index contributed by atoms with van der Waals surface area (Å²) in [4.78, 5) is 14.3. The van der Waals surface area contributed by atoms with Crippen LogP contribution in [0, 0.1) is 13.8 Å². The van der Waals surface area contributed by atoms with Gasteiger partial charge in [0.25, 0.3) is 0 Å². The third-order valence-corrected chi connectivity index (χ3v) is 5.09. The maximum atomic E-state index is 12.4. The summed E-state index contributed by atoms with van der Waals surface area (Å²) in [6, 6.07) is 0.315. The van der Waals surface area contributed by atoms with Gasteiger partial charge in [0.1, 0.15) is 0 Å². The summed E-state index contributed by atoms with van der Waals surface area (Å²) in [5.74, 6) is 0. The van der Waals surface area contributed by atoms with Crippen molar-refractivity contribution in [3.8, 4) is 0 Å². The van der Waals surface area contributed by atoms with E-state index in [1.54, 1.807) is 11.3 Å². The maximum absolute atomic E-state index is 12.4. The van der Waals surface area contributed by atoms with Gasteiger partial charge in [0.2, 0.25) is 0 Å². The van der Waals surface area contributed by atoms with Gasteiger partial charge in [-0.1, -0.05) is 0 Å². The summed E-state index contributed by atoms with van der Waals surface area (Å²) in [5, 5.41) is 11.6. The molecule has 5 nitrogen and oxygen atoms in total. The van der Waals surface area contributed by atoms with Crippen LogP contribution in [0.25, 0.3) is 0 Å². The van der Waals surface area contributed by atoms with E-state index in [1.807, 2.05) is 22.7 Å². The van der Waals surface area contributed by atoms with Gasteiger partial charge in [-0.2, -0.15) is 16.4 Å². The standard InChI is InChI=1S/C16H22N4OS/c1-12-6-18-20(8-12)15-4-3-5-19(9-15)16(21)17-7-14-11-22-10-13(14)2/h6,8,10-11,15H,3-5,7,9H2,1-2H3,(H,17,21)/t15-/m1/s1. The Kier molecular flexibility index (Phi) is 4.47. The molecule has 1 fully saturated rings. The van der Waals surface area contributed by atoms with Gasteiger partial charge in [-0.3, -0.25) is 4.68 Å². The second-order valence-electron chi connectivity index (χ2n) is 5.98. The van der Waals surface area contributed by atoms with Gasteiger partial charge < -0.3 is 10.2 Å². The number of hydrogen-bond acceptors (Lipinski definition) is 3. The van der Waals surface area contributed by atoms with E-state index in [0.29, 0.717) is 6.54 Å². The number of carbonyl (C=O) groups is 1. The molecular formula is C16H22N4OS. The molecule has 0 radical (unpaired) electrons. The highest BCUT2D eigenvalue weighted by molar-refractivity contribution is 7.08. The third-order valence-electron chi connectivity index (χ3n) is 4.18. The number of nitrogens with one attached hydrogen (secondary N) is 1. The second-order valence-corrected chi connectivity index (χ2v) is 6.72. The van der Waals surface area contributed by atoms with Crippen molar-refractivity contribution >= 4 is 17.4 Å². The van der Waals surface area contributed by atoms with Crippen molar-refractivity contribution in [2.75, 3.05) is 13.1 Å². The summed E-state index contributed by atoms with van der Waals surface area (Å²) in [7, 11) is 0. The molecule has 0 bridgehead atoms. The zero-order valence-corrected chi connectivity index (χ0v) is 13.9. The SMILES string of the molecule is Cc1cnn([C@@H]2CCCN(C(=O)NCc3cscc3C)C2)c1. The van der Waals surface area contributed by atoms with E-state index < -0.39 is 0 Å². The highest BCUT2D eigenvalue weighted by Gasteiger charge is 2.25. The van der Waals surface area contributed by atoms with E-state index in [2.05, 4.69) is 34.3 Å². The van der Waals surface area contributed by atoms with Crippen molar-refractivity contribution in [1.29, 1.82) is 0 Å². The van der Waals surface area contributed by atoms with Crippen LogP contribution in [-0.2, 0) is 6.54 Å². The Labute approximate surface area is 134 Å². The lowest BCUT2D eigenvalue weighted by Crippen LogP contribution is -2.45. The average molecular weight is 318 g/mol. The fourth-order valence-electron chi connectivity index (χ4n) is 2.84. The molecule has 0 aliphatic carbocycles. The molecule has 1 atom stereocenters. The molecule has 2 amide bonds. The number of hydrogen-bond donors (Lipinski definition) is 1. The van der Waals surface area contributed by atoms with E-state index in [4.69, 9.17) is 0 Å². The van der Waals surface area contributed by atoms with Crippen LogP contribution in [0.4, 0.5) is 4.79 Å². The molecular weight excluding hydrogens is 296 g/mol. The van der Waals surface area contributed by atoms with E-state index in [1.165, 1.54) is 11.1 Å². The Morgan fingerprint density at radius 2 is 2.32 bits per heavy atom.